The summed E-state index contributed by atoms with van der Waals surface area (Å²) in [5, 5.41) is 0. The molecular formula is C15H22N2OS. The molecule has 1 rings (SSSR count). The number of benzene rings is 1. The average molecular weight is 278 g/mol. The SMILES string of the molecule is CC(N(C)C(=O)c1cccc(C(N)=S)c1)C(C)(C)C. The third-order valence-corrected chi connectivity index (χ3v) is 3.78. The molecule has 0 spiro atoms. The second kappa shape index (κ2) is 5.70. The Morgan fingerprint density at radius 2 is 1.84 bits per heavy atom. The molecule has 0 aliphatic carbocycles. The molecular weight excluding hydrogens is 256 g/mol. The zero-order valence-corrected chi connectivity index (χ0v) is 13.0. The van der Waals surface area contributed by atoms with Crippen molar-refractivity contribution in [2.45, 2.75) is 33.7 Å². The maximum Gasteiger partial charge on any atom is 0.253 e. The lowest BCUT2D eigenvalue weighted by Gasteiger charge is -2.35. The van der Waals surface area contributed by atoms with E-state index >= 15 is 0 Å². The third kappa shape index (κ3) is 3.77. The number of hydrogen-bond acceptors (Lipinski definition) is 2. The standard InChI is InChI=1S/C15H22N2OS/c1-10(15(2,3)4)17(5)14(18)12-8-6-7-11(9-12)13(16)19/h6-10H,1-5H3,(H2,16,19). The fourth-order valence-electron chi connectivity index (χ4n) is 1.77. The van der Waals surface area contributed by atoms with Crippen LogP contribution in [0.25, 0.3) is 0 Å². The lowest BCUT2D eigenvalue weighted by atomic mass is 9.87. The number of nitrogens with zero attached hydrogens (tertiary/aromatic N) is 1. The molecule has 2 N–H and O–H groups in total. The predicted octanol–water partition coefficient (Wildman–Crippen LogP) is 2.83. The number of carbonyl (C=O) groups excluding carboxylic acids is 1. The molecule has 0 saturated heterocycles. The summed E-state index contributed by atoms with van der Waals surface area (Å²) in [5.74, 6) is -0.0134. The Hall–Kier alpha value is -1.42. The van der Waals surface area contributed by atoms with Crippen molar-refractivity contribution in [3.05, 3.63) is 35.4 Å². The van der Waals surface area contributed by atoms with E-state index in [2.05, 4.69) is 27.7 Å². The van der Waals surface area contributed by atoms with Gasteiger partial charge < -0.3 is 10.6 Å². The highest BCUT2D eigenvalue weighted by atomic mass is 32.1. The number of carbonyl (C=O) groups is 1. The Labute approximate surface area is 120 Å². The number of thiocarbonyl (C=S) groups is 1. The summed E-state index contributed by atoms with van der Waals surface area (Å²) in [6.07, 6.45) is 0. The lowest BCUT2D eigenvalue weighted by Crippen LogP contribution is -2.43. The normalized spacial score (nSPS) is 12.9. The van der Waals surface area contributed by atoms with Gasteiger partial charge in [-0.1, -0.05) is 45.1 Å². The van der Waals surface area contributed by atoms with Gasteiger partial charge in [0, 0.05) is 24.2 Å². The Kier molecular flexibility index (Phi) is 4.69. The van der Waals surface area contributed by atoms with Crippen LogP contribution in [0.3, 0.4) is 0 Å². The Balaban J connectivity index is 3.01. The lowest BCUT2D eigenvalue weighted by molar-refractivity contribution is 0.0629. The molecule has 104 valence electrons. The third-order valence-electron chi connectivity index (χ3n) is 3.55. The van der Waals surface area contributed by atoms with Gasteiger partial charge in [-0.2, -0.15) is 0 Å². The second-order valence-electron chi connectivity index (χ2n) is 5.90. The van der Waals surface area contributed by atoms with Gasteiger partial charge >= 0.3 is 0 Å². The van der Waals surface area contributed by atoms with Gasteiger partial charge in [0.2, 0.25) is 0 Å². The zero-order chi connectivity index (χ0) is 14.8. The van der Waals surface area contributed by atoms with Gasteiger partial charge in [0.25, 0.3) is 5.91 Å². The van der Waals surface area contributed by atoms with Gasteiger partial charge in [-0.05, 0) is 24.5 Å². The minimum absolute atomic E-state index is 0.0134. The van der Waals surface area contributed by atoms with Crippen LogP contribution in [-0.2, 0) is 0 Å². The smallest absolute Gasteiger partial charge is 0.253 e. The highest BCUT2D eigenvalue weighted by Gasteiger charge is 2.27. The van der Waals surface area contributed by atoms with Crippen molar-refractivity contribution in [2.75, 3.05) is 7.05 Å². The number of nitrogens with two attached hydrogens (primary N) is 1. The van der Waals surface area contributed by atoms with Crippen molar-refractivity contribution in [3.63, 3.8) is 0 Å². The van der Waals surface area contributed by atoms with Gasteiger partial charge in [-0.3, -0.25) is 4.79 Å². The predicted molar refractivity (Wildman–Crippen MR) is 83.3 cm³/mol. The molecule has 1 unspecified atom stereocenters. The van der Waals surface area contributed by atoms with E-state index in [0.717, 1.165) is 5.56 Å². The van der Waals surface area contributed by atoms with E-state index in [1.54, 1.807) is 23.1 Å². The first-order valence-electron chi connectivity index (χ1n) is 6.31. The summed E-state index contributed by atoms with van der Waals surface area (Å²) in [5.41, 5.74) is 6.96. The number of amides is 1. The highest BCUT2D eigenvalue weighted by molar-refractivity contribution is 7.80. The average Bonchev–Trinajstić information content (AvgIpc) is 2.35. The molecule has 0 aromatic heterocycles. The maximum atomic E-state index is 12.4. The fraction of sp³-hybridized carbons (Fsp3) is 0.467. The van der Waals surface area contributed by atoms with Crippen molar-refractivity contribution < 1.29 is 4.79 Å². The van der Waals surface area contributed by atoms with Crippen LogP contribution >= 0.6 is 12.2 Å². The zero-order valence-electron chi connectivity index (χ0n) is 12.2. The van der Waals surface area contributed by atoms with Crippen molar-refractivity contribution in [1.29, 1.82) is 0 Å². The van der Waals surface area contributed by atoms with Gasteiger partial charge in [0.15, 0.2) is 0 Å². The molecule has 4 heteroatoms. The largest absolute Gasteiger partial charge is 0.389 e. The summed E-state index contributed by atoms with van der Waals surface area (Å²) in [6.45, 7) is 8.40. The molecule has 1 aromatic rings. The minimum atomic E-state index is -0.0134. The summed E-state index contributed by atoms with van der Waals surface area (Å²) in [7, 11) is 1.83. The molecule has 19 heavy (non-hydrogen) atoms. The summed E-state index contributed by atoms with van der Waals surface area (Å²) >= 11 is 4.94. The van der Waals surface area contributed by atoms with Crippen LogP contribution in [0.2, 0.25) is 0 Å². The molecule has 0 radical (unpaired) electrons. The Bertz CT molecular complexity index is 491. The monoisotopic (exact) mass is 278 g/mol. The highest BCUT2D eigenvalue weighted by Crippen LogP contribution is 2.24. The van der Waals surface area contributed by atoms with Gasteiger partial charge in [0.1, 0.15) is 4.99 Å². The van der Waals surface area contributed by atoms with E-state index in [1.807, 2.05) is 13.1 Å². The molecule has 0 fully saturated rings. The number of rotatable bonds is 3. The molecule has 0 heterocycles. The Morgan fingerprint density at radius 3 is 2.32 bits per heavy atom. The first-order valence-corrected chi connectivity index (χ1v) is 6.72. The fourth-order valence-corrected chi connectivity index (χ4v) is 1.89. The van der Waals surface area contributed by atoms with E-state index in [1.165, 1.54) is 0 Å². The molecule has 1 atom stereocenters. The van der Waals surface area contributed by atoms with Crippen LogP contribution in [0.1, 0.15) is 43.6 Å². The summed E-state index contributed by atoms with van der Waals surface area (Å²) in [6, 6.07) is 7.28. The van der Waals surface area contributed by atoms with Gasteiger partial charge in [-0.15, -0.1) is 0 Å². The van der Waals surface area contributed by atoms with Crippen molar-refractivity contribution in [1.82, 2.24) is 4.90 Å². The Morgan fingerprint density at radius 1 is 1.32 bits per heavy atom. The van der Waals surface area contributed by atoms with Crippen LogP contribution in [-0.4, -0.2) is 28.9 Å². The first kappa shape index (κ1) is 15.6. The van der Waals surface area contributed by atoms with E-state index in [0.29, 0.717) is 10.6 Å². The van der Waals surface area contributed by atoms with E-state index < -0.39 is 0 Å². The van der Waals surface area contributed by atoms with Crippen LogP contribution in [0.4, 0.5) is 0 Å². The van der Waals surface area contributed by atoms with E-state index in [4.69, 9.17) is 18.0 Å². The quantitative estimate of drug-likeness (QED) is 0.865. The first-order chi connectivity index (χ1) is 8.64. The minimum Gasteiger partial charge on any atom is -0.389 e. The molecule has 0 aliphatic heterocycles. The topological polar surface area (TPSA) is 46.3 Å². The molecule has 1 aromatic carbocycles. The molecule has 0 aliphatic rings. The van der Waals surface area contributed by atoms with Crippen LogP contribution < -0.4 is 5.73 Å². The number of hydrogen-bond donors (Lipinski definition) is 1. The van der Waals surface area contributed by atoms with Crippen molar-refractivity contribution in [2.24, 2.45) is 11.1 Å². The summed E-state index contributed by atoms with van der Waals surface area (Å²) in [4.78, 5) is 14.5. The maximum absolute atomic E-state index is 12.4. The molecule has 0 bridgehead atoms. The van der Waals surface area contributed by atoms with Crippen LogP contribution in [0.5, 0.6) is 0 Å². The second-order valence-corrected chi connectivity index (χ2v) is 6.34. The molecule has 3 nitrogen and oxygen atoms in total. The van der Waals surface area contributed by atoms with E-state index in [9.17, 15) is 4.79 Å². The summed E-state index contributed by atoms with van der Waals surface area (Å²) < 4.78 is 0. The van der Waals surface area contributed by atoms with Crippen LogP contribution in [0.15, 0.2) is 24.3 Å². The van der Waals surface area contributed by atoms with Gasteiger partial charge in [0.05, 0.1) is 0 Å². The van der Waals surface area contributed by atoms with Crippen LogP contribution in [0, 0.1) is 5.41 Å². The molecule has 0 saturated carbocycles. The molecule has 1 amide bonds. The van der Waals surface area contributed by atoms with Crippen molar-refractivity contribution >= 4 is 23.1 Å². The van der Waals surface area contributed by atoms with E-state index in [-0.39, 0.29) is 17.4 Å². The van der Waals surface area contributed by atoms with Gasteiger partial charge in [-0.25, -0.2) is 0 Å². The van der Waals surface area contributed by atoms with Crippen molar-refractivity contribution in [3.8, 4) is 0 Å².